The van der Waals surface area contributed by atoms with Gasteiger partial charge in [-0.2, -0.15) is 0 Å². The Labute approximate surface area is 112 Å². The molecule has 104 valence electrons. The van der Waals surface area contributed by atoms with Crippen molar-refractivity contribution in [2.75, 3.05) is 0 Å². The maximum atomic E-state index is 10.7. The van der Waals surface area contributed by atoms with E-state index in [4.69, 9.17) is 4.65 Å². The fourth-order valence-electron chi connectivity index (χ4n) is 1.28. The third-order valence-electron chi connectivity index (χ3n) is 3.25. The minimum atomic E-state index is -1.35. The monoisotopic (exact) mass is 267 g/mol. The summed E-state index contributed by atoms with van der Waals surface area (Å²) in [5.41, 5.74) is -2.04. The van der Waals surface area contributed by atoms with Gasteiger partial charge in [-0.15, -0.1) is 0 Å². The Kier molecular flexibility index (Phi) is 4.34. The molecule has 7 heteroatoms. The Hall–Kier alpha value is -1.44. The molecule has 0 unspecified atom stereocenters. The number of benzene rings is 1. The SMILES string of the molecule is CC(C)(O)C(C)(C)OB(O)c1cccc([N+](=O)[O-])c1. The molecule has 0 aliphatic heterocycles. The highest BCUT2D eigenvalue weighted by molar-refractivity contribution is 6.60. The molecule has 0 spiro atoms. The number of nitro benzene ring substituents is 1. The highest BCUT2D eigenvalue weighted by atomic mass is 16.6. The van der Waals surface area contributed by atoms with Crippen molar-refractivity contribution < 1.29 is 19.7 Å². The second-order valence-corrected chi connectivity index (χ2v) is 5.39. The Balaban J connectivity index is 2.93. The molecule has 1 aromatic rings. The van der Waals surface area contributed by atoms with Crippen LogP contribution < -0.4 is 5.46 Å². The number of rotatable bonds is 5. The molecule has 0 fully saturated rings. The molecule has 1 aromatic carbocycles. The molecule has 0 heterocycles. The van der Waals surface area contributed by atoms with E-state index in [0.717, 1.165) is 0 Å². The van der Waals surface area contributed by atoms with E-state index in [-0.39, 0.29) is 11.2 Å². The predicted molar refractivity (Wildman–Crippen MR) is 72.2 cm³/mol. The summed E-state index contributed by atoms with van der Waals surface area (Å²) in [7, 11) is -1.35. The topological polar surface area (TPSA) is 92.8 Å². The Morgan fingerprint density at radius 3 is 2.37 bits per heavy atom. The molecule has 0 saturated carbocycles. The first kappa shape index (κ1) is 15.6. The molecular weight excluding hydrogens is 249 g/mol. The van der Waals surface area contributed by atoms with Gasteiger partial charge in [0.1, 0.15) is 0 Å². The van der Waals surface area contributed by atoms with E-state index in [0.29, 0.717) is 0 Å². The van der Waals surface area contributed by atoms with E-state index >= 15 is 0 Å². The fraction of sp³-hybridized carbons (Fsp3) is 0.500. The molecule has 0 amide bonds. The van der Waals surface area contributed by atoms with Gasteiger partial charge in [0.25, 0.3) is 5.69 Å². The normalized spacial score (nSPS) is 12.3. The van der Waals surface area contributed by atoms with Crippen LogP contribution in [0, 0.1) is 10.1 Å². The van der Waals surface area contributed by atoms with Gasteiger partial charge in [0.15, 0.2) is 0 Å². The van der Waals surface area contributed by atoms with E-state index in [1.54, 1.807) is 27.7 Å². The largest absolute Gasteiger partial charge is 0.491 e. The molecule has 0 bridgehead atoms. The molecule has 0 radical (unpaired) electrons. The molecule has 0 saturated heterocycles. The summed E-state index contributed by atoms with van der Waals surface area (Å²) in [4.78, 5) is 10.1. The summed E-state index contributed by atoms with van der Waals surface area (Å²) in [5, 5.41) is 30.6. The minimum absolute atomic E-state index is 0.124. The Bertz CT molecular complexity index is 469. The lowest BCUT2D eigenvalue weighted by atomic mass is 9.76. The van der Waals surface area contributed by atoms with Crippen molar-refractivity contribution in [1.82, 2.24) is 0 Å². The lowest BCUT2D eigenvalue weighted by Crippen LogP contribution is -2.53. The number of hydrogen-bond donors (Lipinski definition) is 2. The predicted octanol–water partition coefficient (Wildman–Crippen LogP) is 0.848. The lowest BCUT2D eigenvalue weighted by molar-refractivity contribution is -0.384. The number of non-ortho nitro benzene ring substituents is 1. The van der Waals surface area contributed by atoms with E-state index in [2.05, 4.69) is 0 Å². The van der Waals surface area contributed by atoms with Crippen LogP contribution in [0.5, 0.6) is 0 Å². The molecule has 0 aliphatic carbocycles. The summed E-state index contributed by atoms with van der Waals surface area (Å²) < 4.78 is 5.41. The van der Waals surface area contributed by atoms with E-state index in [1.165, 1.54) is 24.3 Å². The maximum absolute atomic E-state index is 10.7. The summed E-state index contributed by atoms with van der Waals surface area (Å²) in [6.07, 6.45) is 0. The van der Waals surface area contributed by atoms with Crippen LogP contribution in [0.3, 0.4) is 0 Å². The first-order valence-corrected chi connectivity index (χ1v) is 5.87. The van der Waals surface area contributed by atoms with Crippen LogP contribution in [0.15, 0.2) is 24.3 Å². The van der Waals surface area contributed by atoms with Crippen LogP contribution in [0.2, 0.25) is 0 Å². The van der Waals surface area contributed by atoms with Crippen molar-refractivity contribution in [2.45, 2.75) is 38.9 Å². The van der Waals surface area contributed by atoms with Gasteiger partial charge in [0.05, 0.1) is 16.1 Å². The number of nitrogens with zero attached hydrogens (tertiary/aromatic N) is 1. The van der Waals surface area contributed by atoms with Gasteiger partial charge in [0, 0.05) is 12.1 Å². The van der Waals surface area contributed by atoms with Crippen molar-refractivity contribution in [3.05, 3.63) is 34.4 Å². The highest BCUT2D eigenvalue weighted by Gasteiger charge is 2.39. The van der Waals surface area contributed by atoms with E-state index < -0.39 is 23.2 Å². The van der Waals surface area contributed by atoms with Gasteiger partial charge in [-0.3, -0.25) is 10.1 Å². The second kappa shape index (κ2) is 5.28. The molecule has 1 rings (SSSR count). The van der Waals surface area contributed by atoms with Crippen molar-refractivity contribution in [3.8, 4) is 0 Å². The third kappa shape index (κ3) is 3.76. The fourth-order valence-corrected chi connectivity index (χ4v) is 1.28. The molecule has 0 atom stereocenters. The van der Waals surface area contributed by atoms with Gasteiger partial charge in [0.2, 0.25) is 0 Å². The smallest absolute Gasteiger partial charge is 0.423 e. The highest BCUT2D eigenvalue weighted by Crippen LogP contribution is 2.25. The van der Waals surface area contributed by atoms with Gasteiger partial charge in [-0.05, 0) is 33.2 Å². The van der Waals surface area contributed by atoms with Gasteiger partial charge < -0.3 is 14.8 Å². The number of nitro groups is 1. The quantitative estimate of drug-likeness (QED) is 0.468. The van der Waals surface area contributed by atoms with Crippen LogP contribution in [-0.4, -0.2) is 33.4 Å². The molecule has 0 aliphatic rings. The van der Waals surface area contributed by atoms with Crippen LogP contribution in [0.25, 0.3) is 0 Å². The van der Waals surface area contributed by atoms with E-state index in [1.807, 2.05) is 0 Å². The van der Waals surface area contributed by atoms with Crippen molar-refractivity contribution in [2.24, 2.45) is 0 Å². The molecule has 2 N–H and O–H groups in total. The van der Waals surface area contributed by atoms with Crippen LogP contribution in [0.4, 0.5) is 5.69 Å². The maximum Gasteiger partial charge on any atom is 0.491 e. The zero-order valence-electron chi connectivity index (χ0n) is 11.5. The average molecular weight is 267 g/mol. The molecule has 0 aromatic heterocycles. The summed E-state index contributed by atoms with van der Waals surface area (Å²) in [6, 6.07) is 5.57. The van der Waals surface area contributed by atoms with Crippen LogP contribution >= 0.6 is 0 Å². The third-order valence-corrected chi connectivity index (χ3v) is 3.25. The minimum Gasteiger partial charge on any atom is -0.423 e. The van der Waals surface area contributed by atoms with Crippen LogP contribution in [-0.2, 0) is 4.65 Å². The molecule has 19 heavy (non-hydrogen) atoms. The zero-order valence-corrected chi connectivity index (χ0v) is 11.5. The molecule has 6 nitrogen and oxygen atoms in total. The number of aliphatic hydroxyl groups is 1. The van der Waals surface area contributed by atoms with Gasteiger partial charge >= 0.3 is 7.12 Å². The first-order chi connectivity index (χ1) is 8.54. The first-order valence-electron chi connectivity index (χ1n) is 5.87. The Morgan fingerprint density at radius 2 is 1.89 bits per heavy atom. The number of hydrogen-bond acceptors (Lipinski definition) is 5. The second-order valence-electron chi connectivity index (χ2n) is 5.39. The Morgan fingerprint density at radius 1 is 1.32 bits per heavy atom. The van der Waals surface area contributed by atoms with Crippen molar-refractivity contribution >= 4 is 18.3 Å². The van der Waals surface area contributed by atoms with Gasteiger partial charge in [-0.1, -0.05) is 12.1 Å². The summed E-state index contributed by atoms with van der Waals surface area (Å²) in [5.74, 6) is 0. The van der Waals surface area contributed by atoms with Crippen molar-refractivity contribution in [1.29, 1.82) is 0 Å². The lowest BCUT2D eigenvalue weighted by Gasteiger charge is -2.38. The summed E-state index contributed by atoms with van der Waals surface area (Å²) >= 11 is 0. The van der Waals surface area contributed by atoms with Crippen LogP contribution in [0.1, 0.15) is 27.7 Å². The summed E-state index contributed by atoms with van der Waals surface area (Å²) in [6.45, 7) is 6.39. The standard InChI is InChI=1S/C12H18BNO5/c1-11(2,15)12(3,4)19-13(16)9-6-5-7-10(8-9)14(17)18/h5-8,15-16H,1-4H3. The van der Waals surface area contributed by atoms with Crippen molar-refractivity contribution in [3.63, 3.8) is 0 Å². The van der Waals surface area contributed by atoms with Gasteiger partial charge in [-0.25, -0.2) is 0 Å². The average Bonchev–Trinajstić information content (AvgIpc) is 2.27. The van der Waals surface area contributed by atoms with E-state index in [9.17, 15) is 20.2 Å². The zero-order chi connectivity index (χ0) is 14.8. The molecular formula is C12H18BNO5.